The van der Waals surface area contributed by atoms with Gasteiger partial charge in [-0.2, -0.15) is 0 Å². The fourth-order valence-corrected chi connectivity index (χ4v) is 2.90. The van der Waals surface area contributed by atoms with Gasteiger partial charge in [0.25, 0.3) is 0 Å². The molecule has 0 saturated heterocycles. The van der Waals surface area contributed by atoms with Crippen molar-refractivity contribution in [1.29, 1.82) is 0 Å². The monoisotopic (exact) mass is 344 g/mol. The van der Waals surface area contributed by atoms with E-state index in [4.69, 9.17) is 0 Å². The molecule has 1 amide bonds. The third-order valence-electron chi connectivity index (χ3n) is 3.98. The van der Waals surface area contributed by atoms with Crippen LogP contribution in [0.2, 0.25) is 0 Å². The average molecular weight is 345 g/mol. The lowest BCUT2D eigenvalue weighted by Gasteiger charge is -2.39. The SMILES string of the molecule is CC1(C)C(=O)Nc2ccccc2C1Nc1ccc(Br)cc1. The van der Waals surface area contributed by atoms with Crippen LogP contribution in [-0.4, -0.2) is 5.91 Å². The Morgan fingerprint density at radius 1 is 1.10 bits per heavy atom. The summed E-state index contributed by atoms with van der Waals surface area (Å²) in [5.41, 5.74) is 2.48. The van der Waals surface area contributed by atoms with E-state index < -0.39 is 5.41 Å². The number of hydrogen-bond donors (Lipinski definition) is 2. The van der Waals surface area contributed by atoms with Crippen LogP contribution < -0.4 is 10.6 Å². The van der Waals surface area contributed by atoms with Crippen LogP contribution in [0.1, 0.15) is 25.5 Å². The molecule has 0 saturated carbocycles. The van der Waals surface area contributed by atoms with Gasteiger partial charge in [0.15, 0.2) is 0 Å². The van der Waals surface area contributed by atoms with E-state index in [1.54, 1.807) is 0 Å². The van der Waals surface area contributed by atoms with Crippen molar-refractivity contribution in [3.8, 4) is 0 Å². The molecule has 1 unspecified atom stereocenters. The molecule has 3 rings (SSSR count). The largest absolute Gasteiger partial charge is 0.377 e. The van der Waals surface area contributed by atoms with Crippen molar-refractivity contribution in [1.82, 2.24) is 0 Å². The van der Waals surface area contributed by atoms with E-state index in [0.29, 0.717) is 0 Å². The van der Waals surface area contributed by atoms with Gasteiger partial charge in [-0.25, -0.2) is 0 Å². The summed E-state index contributed by atoms with van der Waals surface area (Å²) in [6, 6.07) is 15.9. The average Bonchev–Trinajstić information content (AvgIpc) is 2.46. The quantitative estimate of drug-likeness (QED) is 0.836. The summed E-state index contributed by atoms with van der Waals surface area (Å²) in [6.45, 7) is 3.93. The highest BCUT2D eigenvalue weighted by atomic mass is 79.9. The Labute approximate surface area is 132 Å². The van der Waals surface area contributed by atoms with Crippen molar-refractivity contribution in [2.75, 3.05) is 10.6 Å². The lowest BCUT2D eigenvalue weighted by Crippen LogP contribution is -2.43. The standard InChI is InChI=1S/C17H17BrN2O/c1-17(2)15(19-12-9-7-11(18)8-10-12)13-5-3-4-6-14(13)20-16(17)21/h3-10,15,19H,1-2H3,(H,20,21). The predicted octanol–water partition coefficient (Wildman–Crippen LogP) is 4.58. The third kappa shape index (κ3) is 2.56. The Morgan fingerprint density at radius 3 is 2.48 bits per heavy atom. The molecular formula is C17H17BrN2O. The van der Waals surface area contributed by atoms with E-state index in [0.717, 1.165) is 21.4 Å². The molecule has 0 fully saturated rings. The molecule has 2 aromatic carbocycles. The van der Waals surface area contributed by atoms with Crippen molar-refractivity contribution in [3.05, 3.63) is 58.6 Å². The zero-order valence-corrected chi connectivity index (χ0v) is 13.6. The van der Waals surface area contributed by atoms with Crippen LogP contribution in [0.5, 0.6) is 0 Å². The first-order valence-electron chi connectivity index (χ1n) is 6.91. The molecule has 1 aliphatic heterocycles. The lowest BCUT2D eigenvalue weighted by atomic mass is 9.76. The fraction of sp³-hybridized carbons (Fsp3) is 0.235. The minimum atomic E-state index is -0.526. The second-order valence-electron chi connectivity index (χ2n) is 5.85. The van der Waals surface area contributed by atoms with Crippen molar-refractivity contribution < 1.29 is 4.79 Å². The zero-order chi connectivity index (χ0) is 15.0. The van der Waals surface area contributed by atoms with Gasteiger partial charge in [-0.3, -0.25) is 4.79 Å². The van der Waals surface area contributed by atoms with Crippen LogP contribution in [0, 0.1) is 5.41 Å². The van der Waals surface area contributed by atoms with Crippen molar-refractivity contribution in [3.63, 3.8) is 0 Å². The van der Waals surface area contributed by atoms with Crippen LogP contribution >= 0.6 is 15.9 Å². The molecule has 21 heavy (non-hydrogen) atoms. The van der Waals surface area contributed by atoms with Gasteiger partial charge in [0.2, 0.25) is 5.91 Å². The number of nitrogens with one attached hydrogen (secondary N) is 2. The van der Waals surface area contributed by atoms with E-state index in [1.807, 2.05) is 56.3 Å². The van der Waals surface area contributed by atoms with Gasteiger partial charge < -0.3 is 10.6 Å². The number of benzene rings is 2. The second-order valence-corrected chi connectivity index (χ2v) is 6.76. The molecule has 1 heterocycles. The Kier molecular flexibility index (Phi) is 3.49. The Hall–Kier alpha value is -1.81. The van der Waals surface area contributed by atoms with E-state index in [-0.39, 0.29) is 11.9 Å². The molecule has 0 radical (unpaired) electrons. The molecule has 0 spiro atoms. The summed E-state index contributed by atoms with van der Waals surface area (Å²) in [5, 5.41) is 6.49. The predicted molar refractivity (Wildman–Crippen MR) is 89.4 cm³/mol. The molecule has 3 nitrogen and oxygen atoms in total. The highest BCUT2D eigenvalue weighted by Gasteiger charge is 2.42. The van der Waals surface area contributed by atoms with Gasteiger partial charge in [0.05, 0.1) is 11.5 Å². The lowest BCUT2D eigenvalue weighted by molar-refractivity contribution is -0.125. The second kappa shape index (κ2) is 5.19. The van der Waals surface area contributed by atoms with Crippen molar-refractivity contribution >= 4 is 33.2 Å². The number of carbonyl (C=O) groups is 1. The summed E-state index contributed by atoms with van der Waals surface area (Å²) in [4.78, 5) is 12.4. The number of carbonyl (C=O) groups excluding carboxylic acids is 1. The van der Waals surface area contributed by atoms with Crippen LogP contribution in [0.3, 0.4) is 0 Å². The highest BCUT2D eigenvalue weighted by molar-refractivity contribution is 9.10. The maximum atomic E-state index is 12.4. The number of amides is 1. The molecule has 4 heteroatoms. The van der Waals surface area contributed by atoms with E-state index in [2.05, 4.69) is 32.6 Å². The third-order valence-corrected chi connectivity index (χ3v) is 4.51. The molecule has 2 aromatic rings. The Balaban J connectivity index is 2.01. The first-order valence-corrected chi connectivity index (χ1v) is 7.70. The normalized spacial score (nSPS) is 19.6. The first kappa shape index (κ1) is 14.1. The Bertz CT molecular complexity index is 679. The minimum Gasteiger partial charge on any atom is -0.377 e. The van der Waals surface area contributed by atoms with Crippen molar-refractivity contribution in [2.24, 2.45) is 5.41 Å². The Morgan fingerprint density at radius 2 is 1.76 bits per heavy atom. The zero-order valence-electron chi connectivity index (χ0n) is 12.0. The van der Waals surface area contributed by atoms with Gasteiger partial charge >= 0.3 is 0 Å². The van der Waals surface area contributed by atoms with Gasteiger partial charge in [-0.1, -0.05) is 34.1 Å². The van der Waals surface area contributed by atoms with Crippen LogP contribution in [0.25, 0.3) is 0 Å². The van der Waals surface area contributed by atoms with Gasteiger partial charge in [-0.05, 0) is 49.7 Å². The number of halogens is 1. The minimum absolute atomic E-state index is 0.0378. The molecule has 1 atom stereocenters. The van der Waals surface area contributed by atoms with Crippen molar-refractivity contribution in [2.45, 2.75) is 19.9 Å². The first-order chi connectivity index (χ1) is 9.98. The van der Waals surface area contributed by atoms with E-state index in [9.17, 15) is 4.79 Å². The maximum Gasteiger partial charge on any atom is 0.232 e. The van der Waals surface area contributed by atoms with Crippen LogP contribution in [0.15, 0.2) is 53.0 Å². The van der Waals surface area contributed by atoms with Gasteiger partial charge in [0, 0.05) is 15.8 Å². The molecule has 108 valence electrons. The molecule has 0 bridgehead atoms. The topological polar surface area (TPSA) is 41.1 Å². The smallest absolute Gasteiger partial charge is 0.232 e. The van der Waals surface area contributed by atoms with Gasteiger partial charge in [0.1, 0.15) is 0 Å². The maximum absolute atomic E-state index is 12.4. The molecular weight excluding hydrogens is 328 g/mol. The number of para-hydroxylation sites is 1. The molecule has 0 aliphatic carbocycles. The molecule has 1 aliphatic rings. The number of hydrogen-bond acceptors (Lipinski definition) is 2. The van der Waals surface area contributed by atoms with Crippen LogP contribution in [-0.2, 0) is 4.79 Å². The highest BCUT2D eigenvalue weighted by Crippen LogP contribution is 2.43. The number of fused-ring (bicyclic) bond motifs is 1. The number of anilines is 2. The fourth-order valence-electron chi connectivity index (χ4n) is 2.64. The summed E-state index contributed by atoms with van der Waals surface area (Å²) in [5.74, 6) is 0.0378. The van der Waals surface area contributed by atoms with Crippen LogP contribution in [0.4, 0.5) is 11.4 Å². The summed E-state index contributed by atoms with van der Waals surface area (Å²) < 4.78 is 1.04. The summed E-state index contributed by atoms with van der Waals surface area (Å²) >= 11 is 3.44. The van der Waals surface area contributed by atoms with E-state index in [1.165, 1.54) is 0 Å². The van der Waals surface area contributed by atoms with Gasteiger partial charge in [-0.15, -0.1) is 0 Å². The summed E-state index contributed by atoms with van der Waals surface area (Å²) in [7, 11) is 0. The number of rotatable bonds is 2. The van der Waals surface area contributed by atoms with E-state index >= 15 is 0 Å². The molecule has 0 aromatic heterocycles. The summed E-state index contributed by atoms with van der Waals surface area (Å²) in [6.07, 6.45) is 0. The molecule has 2 N–H and O–H groups in total.